The first-order valence-electron chi connectivity index (χ1n) is 10.5. The molecule has 4 nitrogen and oxygen atoms in total. The monoisotopic (exact) mass is 379 g/mol. The van der Waals surface area contributed by atoms with Gasteiger partial charge in [-0.2, -0.15) is 0 Å². The molecule has 2 aromatic heterocycles. The standard InChI is InChI=1S/C24H29NO3/c1-3-25-21-14-16(2)19(24(26)27)10-7-11-20(21)22(17-8-5-4-6-9-17)23(25)18-12-13-28-15-18/h7,10,12-13,15,17H,3-6,8-9,11,14H2,1-2H3,(H,26,27)/b10-7?,19-16+. The summed E-state index contributed by atoms with van der Waals surface area (Å²) in [7, 11) is 0. The summed E-state index contributed by atoms with van der Waals surface area (Å²) in [6.45, 7) is 5.00. The van der Waals surface area contributed by atoms with Gasteiger partial charge in [0.2, 0.25) is 0 Å². The van der Waals surface area contributed by atoms with Crippen LogP contribution in [-0.2, 0) is 24.2 Å². The number of aromatic nitrogens is 1. The predicted molar refractivity (Wildman–Crippen MR) is 111 cm³/mol. The molecule has 0 radical (unpaired) electrons. The summed E-state index contributed by atoms with van der Waals surface area (Å²) in [5.41, 5.74) is 7.94. The summed E-state index contributed by atoms with van der Waals surface area (Å²) in [5, 5.41) is 9.59. The first-order chi connectivity index (χ1) is 13.6. The second-order valence-electron chi connectivity index (χ2n) is 8.06. The molecule has 1 fully saturated rings. The van der Waals surface area contributed by atoms with E-state index in [1.165, 1.54) is 54.6 Å². The van der Waals surface area contributed by atoms with Crippen LogP contribution in [0.2, 0.25) is 0 Å². The molecule has 4 rings (SSSR count). The molecular weight excluding hydrogens is 350 g/mol. The summed E-state index contributed by atoms with van der Waals surface area (Å²) in [6.07, 6.45) is 15.3. The highest BCUT2D eigenvalue weighted by Crippen LogP contribution is 2.44. The summed E-state index contributed by atoms with van der Waals surface area (Å²) in [5.74, 6) is -0.259. The topological polar surface area (TPSA) is 55.4 Å². The molecule has 2 aliphatic carbocycles. The molecule has 2 heterocycles. The largest absolute Gasteiger partial charge is 0.478 e. The summed E-state index contributed by atoms with van der Waals surface area (Å²) in [6, 6.07) is 2.06. The second-order valence-corrected chi connectivity index (χ2v) is 8.06. The summed E-state index contributed by atoms with van der Waals surface area (Å²) in [4.78, 5) is 11.7. The molecule has 0 spiro atoms. The van der Waals surface area contributed by atoms with Crippen LogP contribution in [0.4, 0.5) is 0 Å². The van der Waals surface area contributed by atoms with Crippen molar-refractivity contribution >= 4 is 5.97 Å². The molecule has 1 N–H and O–H groups in total. The average molecular weight is 380 g/mol. The fourth-order valence-corrected chi connectivity index (χ4v) is 5.10. The van der Waals surface area contributed by atoms with E-state index in [2.05, 4.69) is 17.6 Å². The molecule has 0 aliphatic heterocycles. The minimum absolute atomic E-state index is 0.429. The van der Waals surface area contributed by atoms with E-state index in [0.717, 1.165) is 24.1 Å². The molecule has 2 aromatic rings. The van der Waals surface area contributed by atoms with Crippen LogP contribution in [0.25, 0.3) is 11.3 Å². The van der Waals surface area contributed by atoms with Crippen molar-refractivity contribution in [1.82, 2.24) is 4.57 Å². The fourth-order valence-electron chi connectivity index (χ4n) is 5.10. The lowest BCUT2D eigenvalue weighted by atomic mass is 9.80. The van der Waals surface area contributed by atoms with Crippen LogP contribution >= 0.6 is 0 Å². The number of allylic oxidation sites excluding steroid dienone is 2. The van der Waals surface area contributed by atoms with Gasteiger partial charge in [-0.1, -0.05) is 37.0 Å². The fraction of sp³-hybridized carbons (Fsp3) is 0.458. The van der Waals surface area contributed by atoms with Gasteiger partial charge < -0.3 is 14.1 Å². The van der Waals surface area contributed by atoms with Gasteiger partial charge in [0.25, 0.3) is 0 Å². The maximum atomic E-state index is 11.7. The van der Waals surface area contributed by atoms with Crippen molar-refractivity contribution in [3.63, 3.8) is 0 Å². The lowest BCUT2D eigenvalue weighted by Gasteiger charge is -2.24. The number of carboxylic acids is 1. The molecule has 1 saturated carbocycles. The molecule has 0 aromatic carbocycles. The van der Waals surface area contributed by atoms with E-state index in [9.17, 15) is 9.90 Å². The van der Waals surface area contributed by atoms with Crippen LogP contribution < -0.4 is 0 Å². The number of carbonyl (C=O) groups is 1. The van der Waals surface area contributed by atoms with Gasteiger partial charge >= 0.3 is 5.97 Å². The predicted octanol–water partition coefficient (Wildman–Crippen LogP) is 5.87. The lowest BCUT2D eigenvalue weighted by molar-refractivity contribution is -0.132. The zero-order valence-electron chi connectivity index (χ0n) is 16.8. The minimum Gasteiger partial charge on any atom is -0.478 e. The van der Waals surface area contributed by atoms with Gasteiger partial charge in [-0.25, -0.2) is 4.79 Å². The number of nitrogens with zero attached hydrogens (tertiary/aromatic N) is 1. The number of fused-ring (bicyclic) bond motifs is 1. The Morgan fingerprint density at radius 2 is 2.07 bits per heavy atom. The van der Waals surface area contributed by atoms with Crippen LogP contribution in [0.5, 0.6) is 0 Å². The quantitative estimate of drug-likeness (QED) is 0.722. The Morgan fingerprint density at radius 1 is 1.29 bits per heavy atom. The third-order valence-corrected chi connectivity index (χ3v) is 6.38. The molecule has 0 amide bonds. The van der Waals surface area contributed by atoms with Crippen molar-refractivity contribution < 1.29 is 14.3 Å². The highest BCUT2D eigenvalue weighted by atomic mass is 16.4. The normalized spacial score (nSPS) is 20.6. The van der Waals surface area contributed by atoms with Crippen molar-refractivity contribution in [3.05, 3.63) is 58.7 Å². The second kappa shape index (κ2) is 7.86. The van der Waals surface area contributed by atoms with Crippen molar-refractivity contribution in [2.45, 2.75) is 71.3 Å². The van der Waals surface area contributed by atoms with E-state index >= 15 is 0 Å². The summed E-state index contributed by atoms with van der Waals surface area (Å²) >= 11 is 0. The van der Waals surface area contributed by atoms with Crippen LogP contribution in [-0.4, -0.2) is 15.6 Å². The van der Waals surface area contributed by atoms with Crippen LogP contribution in [0, 0.1) is 0 Å². The smallest absolute Gasteiger partial charge is 0.335 e. The van der Waals surface area contributed by atoms with Gasteiger partial charge in [0, 0.05) is 24.2 Å². The Balaban J connectivity index is 1.94. The maximum absolute atomic E-state index is 11.7. The Morgan fingerprint density at radius 3 is 2.71 bits per heavy atom. The molecule has 28 heavy (non-hydrogen) atoms. The first-order valence-corrected chi connectivity index (χ1v) is 10.5. The van der Waals surface area contributed by atoms with E-state index < -0.39 is 5.97 Å². The number of rotatable bonds is 4. The SMILES string of the molecule is CCn1c2c(c(C3CCCCC3)c1-c1ccoc1)CC=C/C(C(=O)O)=C(/C)C2. The Kier molecular flexibility index (Phi) is 5.29. The molecule has 148 valence electrons. The number of furan rings is 1. The van der Waals surface area contributed by atoms with Gasteiger partial charge in [-0.15, -0.1) is 0 Å². The zero-order valence-corrected chi connectivity index (χ0v) is 16.8. The Labute approximate surface area is 166 Å². The minimum atomic E-state index is -0.839. The van der Waals surface area contributed by atoms with E-state index in [-0.39, 0.29) is 0 Å². The highest BCUT2D eigenvalue weighted by Gasteiger charge is 2.30. The molecule has 4 heteroatoms. The highest BCUT2D eigenvalue weighted by molar-refractivity contribution is 5.91. The van der Waals surface area contributed by atoms with Crippen molar-refractivity contribution in [2.75, 3.05) is 0 Å². The zero-order chi connectivity index (χ0) is 19.7. The van der Waals surface area contributed by atoms with Crippen LogP contribution in [0.15, 0.2) is 46.3 Å². The van der Waals surface area contributed by atoms with Crippen molar-refractivity contribution in [3.8, 4) is 11.3 Å². The van der Waals surface area contributed by atoms with E-state index in [1.54, 1.807) is 12.3 Å². The molecule has 0 atom stereocenters. The lowest BCUT2D eigenvalue weighted by Crippen LogP contribution is -2.10. The average Bonchev–Trinajstić information content (AvgIpc) is 3.30. The number of hydrogen-bond acceptors (Lipinski definition) is 2. The third kappa shape index (κ3) is 3.25. The summed E-state index contributed by atoms with van der Waals surface area (Å²) < 4.78 is 7.86. The van der Waals surface area contributed by atoms with Crippen molar-refractivity contribution in [1.29, 1.82) is 0 Å². The van der Waals surface area contributed by atoms with Gasteiger partial charge in [-0.05, 0) is 56.2 Å². The van der Waals surface area contributed by atoms with E-state index in [0.29, 0.717) is 17.9 Å². The van der Waals surface area contributed by atoms with Crippen molar-refractivity contribution in [2.24, 2.45) is 0 Å². The maximum Gasteiger partial charge on any atom is 0.335 e. The van der Waals surface area contributed by atoms with Crippen LogP contribution in [0.3, 0.4) is 0 Å². The Hall–Kier alpha value is -2.49. The number of carboxylic acid groups (broad SMARTS) is 1. The Bertz CT molecular complexity index is 922. The van der Waals surface area contributed by atoms with E-state index in [4.69, 9.17) is 4.42 Å². The van der Waals surface area contributed by atoms with Gasteiger partial charge in [0.1, 0.15) is 0 Å². The first kappa shape index (κ1) is 18.9. The molecule has 0 saturated heterocycles. The molecule has 0 unspecified atom stereocenters. The third-order valence-electron chi connectivity index (χ3n) is 6.38. The number of aliphatic carboxylic acids is 1. The molecule has 2 aliphatic rings. The molecular formula is C24H29NO3. The van der Waals surface area contributed by atoms with Gasteiger partial charge in [0.05, 0.1) is 23.8 Å². The van der Waals surface area contributed by atoms with Gasteiger partial charge in [-0.3, -0.25) is 0 Å². The van der Waals surface area contributed by atoms with Gasteiger partial charge in [0.15, 0.2) is 0 Å². The van der Waals surface area contributed by atoms with Crippen LogP contribution in [0.1, 0.15) is 68.7 Å². The molecule has 0 bridgehead atoms. The number of hydrogen-bond donors (Lipinski definition) is 1. The van der Waals surface area contributed by atoms with E-state index in [1.807, 2.05) is 19.3 Å².